The van der Waals surface area contributed by atoms with Gasteiger partial charge in [-0.05, 0) is 35.4 Å². The van der Waals surface area contributed by atoms with Crippen molar-refractivity contribution in [2.45, 2.75) is 0 Å². The molecule has 5 nitrogen and oxygen atoms in total. The quantitative estimate of drug-likeness (QED) is 0.611. The van der Waals surface area contributed by atoms with Gasteiger partial charge in [-0.1, -0.05) is 60.7 Å². The van der Waals surface area contributed by atoms with E-state index >= 15 is 0 Å². The molecule has 6 heteroatoms. The minimum atomic E-state index is -4.02. The second kappa shape index (κ2) is 10.2. The van der Waals surface area contributed by atoms with Crippen LogP contribution in [0.25, 0.3) is 11.1 Å². The zero-order chi connectivity index (χ0) is 18.7. The molecule has 0 unspecified atom stereocenters. The van der Waals surface area contributed by atoms with E-state index in [1.165, 1.54) is 17.7 Å². The summed E-state index contributed by atoms with van der Waals surface area (Å²) in [7, 11) is -4.02. The first-order valence-corrected chi connectivity index (χ1v) is 8.82. The Hall–Kier alpha value is -2.72. The van der Waals surface area contributed by atoms with Crippen LogP contribution in [0.2, 0.25) is 0 Å². The van der Waals surface area contributed by atoms with Gasteiger partial charge in [-0.15, -0.1) is 0 Å². The maximum absolute atomic E-state index is 10.5. The highest BCUT2D eigenvalue weighted by Gasteiger charge is 2.14. The molecule has 3 N–H and O–H groups in total. The first-order valence-electron chi connectivity index (χ1n) is 7.21. The predicted octanol–water partition coefficient (Wildman–Crippen LogP) is 3.36. The Balaban J connectivity index is 0.000000235. The van der Waals surface area contributed by atoms with Crippen LogP contribution in [0, 0.1) is 0 Å². The van der Waals surface area contributed by atoms with Crippen molar-refractivity contribution in [2.75, 3.05) is 0 Å². The van der Waals surface area contributed by atoms with Gasteiger partial charge in [-0.2, -0.15) is 0 Å². The van der Waals surface area contributed by atoms with Crippen molar-refractivity contribution in [1.82, 2.24) is 0 Å². The number of carbonyl (C=O) groups excluding carboxylic acids is 1. The zero-order valence-corrected chi connectivity index (χ0v) is 14.3. The molecule has 0 aliphatic rings. The van der Waals surface area contributed by atoms with Crippen LogP contribution < -0.4 is 5.30 Å². The van der Waals surface area contributed by atoms with Gasteiger partial charge in [0, 0.05) is 0 Å². The molecule has 0 saturated carbocycles. The summed E-state index contributed by atoms with van der Waals surface area (Å²) in [4.78, 5) is 25.2. The highest BCUT2D eigenvalue weighted by molar-refractivity contribution is 7.60. The molecule has 0 radical (unpaired) electrons. The molecule has 3 aromatic rings. The molecule has 3 rings (SSSR count). The van der Waals surface area contributed by atoms with E-state index in [0.717, 1.165) is 5.56 Å². The van der Waals surface area contributed by atoms with Gasteiger partial charge in [0.2, 0.25) is 0 Å². The van der Waals surface area contributed by atoms with Crippen LogP contribution in [-0.4, -0.2) is 21.7 Å². The number of rotatable bonds is 2. The fourth-order valence-electron chi connectivity index (χ4n) is 1.91. The average molecular weight is 358 g/mol. The molecule has 130 valence electrons. The molecule has 0 saturated heterocycles. The summed E-state index contributed by atoms with van der Waals surface area (Å²) in [6.45, 7) is 2.00. The third-order valence-electron chi connectivity index (χ3n) is 3.07. The van der Waals surface area contributed by atoms with Gasteiger partial charge in [-0.3, -0.25) is 4.57 Å². The standard InChI is InChI=1S/C12H10O.C6H7O3P.CH2O/c13-12-8-6-11(7-9-12)10-4-2-1-3-5-10;7-10(8,9)6-4-2-1-3-5-6;1-2/h1-9,13H;1-5H,(H2,7,8,9);1H2. The van der Waals surface area contributed by atoms with Gasteiger partial charge < -0.3 is 19.7 Å². The Labute approximate surface area is 146 Å². The zero-order valence-electron chi connectivity index (χ0n) is 13.4. The smallest absolute Gasteiger partial charge is 0.356 e. The van der Waals surface area contributed by atoms with Crippen LogP contribution in [0.4, 0.5) is 0 Å². The number of phenolic OH excluding ortho intramolecular Hbond substituents is 1. The number of hydrogen-bond donors (Lipinski definition) is 3. The number of phenols is 1. The van der Waals surface area contributed by atoms with Gasteiger partial charge in [-0.25, -0.2) is 0 Å². The lowest BCUT2D eigenvalue weighted by Crippen LogP contribution is -2.01. The van der Waals surface area contributed by atoms with Gasteiger partial charge >= 0.3 is 7.60 Å². The summed E-state index contributed by atoms with van der Waals surface area (Å²) in [6.07, 6.45) is 0. The fraction of sp³-hybridized carbons (Fsp3) is 0. The molecule has 0 amide bonds. The molecule has 0 atom stereocenters. The molecule has 0 spiro atoms. The minimum absolute atomic E-state index is 0.0648. The van der Waals surface area contributed by atoms with Gasteiger partial charge in [0.15, 0.2) is 0 Å². The molecule has 0 heterocycles. The van der Waals surface area contributed by atoms with Crippen LogP contribution in [-0.2, 0) is 9.36 Å². The Morgan fingerprint density at radius 3 is 1.44 bits per heavy atom. The van der Waals surface area contributed by atoms with E-state index < -0.39 is 7.60 Å². The van der Waals surface area contributed by atoms with E-state index in [4.69, 9.17) is 19.7 Å². The lowest BCUT2D eigenvalue weighted by molar-refractivity contribution is -0.0980. The highest BCUT2D eigenvalue weighted by Crippen LogP contribution is 2.32. The molecule has 0 aromatic heterocycles. The lowest BCUT2D eigenvalue weighted by atomic mass is 10.1. The first-order chi connectivity index (χ1) is 12.0. The van der Waals surface area contributed by atoms with Crippen molar-refractivity contribution in [3.8, 4) is 16.9 Å². The fourth-order valence-corrected chi connectivity index (χ4v) is 2.47. The molecule has 3 aromatic carbocycles. The molecule has 0 bridgehead atoms. The van der Waals surface area contributed by atoms with Crippen molar-refractivity contribution in [1.29, 1.82) is 0 Å². The third-order valence-corrected chi connectivity index (χ3v) is 4.04. The molecule has 0 fully saturated rings. The van der Waals surface area contributed by atoms with Crippen molar-refractivity contribution in [3.63, 3.8) is 0 Å². The van der Waals surface area contributed by atoms with Crippen molar-refractivity contribution in [2.24, 2.45) is 0 Å². The van der Waals surface area contributed by atoms with Crippen LogP contribution >= 0.6 is 7.60 Å². The van der Waals surface area contributed by atoms with Crippen LogP contribution in [0.1, 0.15) is 0 Å². The summed E-state index contributed by atoms with van der Waals surface area (Å²) in [5.41, 5.74) is 2.29. The van der Waals surface area contributed by atoms with Crippen molar-refractivity contribution >= 4 is 19.7 Å². The molecule has 25 heavy (non-hydrogen) atoms. The van der Waals surface area contributed by atoms with Crippen molar-refractivity contribution in [3.05, 3.63) is 84.9 Å². The van der Waals surface area contributed by atoms with Crippen LogP contribution in [0.3, 0.4) is 0 Å². The van der Waals surface area contributed by atoms with Gasteiger partial charge in [0.25, 0.3) is 0 Å². The Bertz CT molecular complexity index is 783. The Kier molecular flexibility index (Phi) is 8.30. The summed E-state index contributed by atoms with van der Waals surface area (Å²) >= 11 is 0. The van der Waals surface area contributed by atoms with Gasteiger partial charge in [0.05, 0.1) is 5.30 Å². The number of carbonyl (C=O) groups is 1. The molecule has 0 aliphatic heterocycles. The average Bonchev–Trinajstić information content (AvgIpc) is 2.65. The normalized spacial score (nSPS) is 9.84. The van der Waals surface area contributed by atoms with Crippen molar-refractivity contribution < 1.29 is 24.3 Å². The highest BCUT2D eigenvalue weighted by atomic mass is 31.2. The van der Waals surface area contributed by atoms with Gasteiger partial charge in [0.1, 0.15) is 12.5 Å². The van der Waals surface area contributed by atoms with E-state index in [9.17, 15) is 4.57 Å². The number of aromatic hydroxyl groups is 1. The second-order valence-corrected chi connectivity index (χ2v) is 6.40. The minimum Gasteiger partial charge on any atom is -0.508 e. The second-order valence-electron chi connectivity index (χ2n) is 4.79. The predicted molar refractivity (Wildman–Crippen MR) is 98.8 cm³/mol. The number of benzene rings is 3. The summed E-state index contributed by atoms with van der Waals surface area (Å²) in [5, 5.41) is 9.17. The SMILES string of the molecule is C=O.O=P(O)(O)c1ccccc1.Oc1ccc(-c2ccccc2)cc1. The third kappa shape index (κ3) is 7.14. The van der Waals surface area contributed by atoms with Crippen LogP contribution in [0.15, 0.2) is 84.9 Å². The summed E-state index contributed by atoms with van der Waals surface area (Å²) in [5.74, 6) is 0.305. The lowest BCUT2D eigenvalue weighted by Gasteiger charge is -2.00. The van der Waals surface area contributed by atoms with E-state index in [1.807, 2.05) is 49.3 Å². The van der Waals surface area contributed by atoms with Crippen LogP contribution in [0.5, 0.6) is 5.75 Å². The molecular weight excluding hydrogens is 339 g/mol. The van der Waals surface area contributed by atoms with E-state index in [2.05, 4.69) is 0 Å². The van der Waals surface area contributed by atoms with E-state index in [1.54, 1.807) is 30.3 Å². The molecular formula is C19H19O5P. The van der Waals surface area contributed by atoms with E-state index in [0.29, 0.717) is 5.75 Å². The Morgan fingerprint density at radius 1 is 0.640 bits per heavy atom. The monoisotopic (exact) mass is 358 g/mol. The maximum atomic E-state index is 10.5. The summed E-state index contributed by atoms with van der Waals surface area (Å²) in [6, 6.07) is 25.0. The van der Waals surface area contributed by atoms with E-state index in [-0.39, 0.29) is 5.30 Å². The molecule has 0 aliphatic carbocycles. The largest absolute Gasteiger partial charge is 0.508 e. The topological polar surface area (TPSA) is 94.8 Å². The maximum Gasteiger partial charge on any atom is 0.356 e. The summed E-state index contributed by atoms with van der Waals surface area (Å²) < 4.78 is 10.5. The Morgan fingerprint density at radius 2 is 1.04 bits per heavy atom. The number of hydrogen-bond acceptors (Lipinski definition) is 3. The first kappa shape index (κ1) is 20.3.